The topological polar surface area (TPSA) is 59.3 Å². The highest BCUT2D eigenvalue weighted by molar-refractivity contribution is 5.87. The van der Waals surface area contributed by atoms with Gasteiger partial charge in [0.2, 0.25) is 0 Å². The van der Waals surface area contributed by atoms with Crippen molar-refractivity contribution >= 4 is 5.97 Å². The number of rotatable bonds is 2. The molecule has 1 N–H and O–H groups in total. The van der Waals surface area contributed by atoms with E-state index in [2.05, 4.69) is 0 Å². The van der Waals surface area contributed by atoms with Crippen LogP contribution in [0.3, 0.4) is 0 Å². The predicted molar refractivity (Wildman–Crippen MR) is 45.9 cm³/mol. The Kier molecular flexibility index (Phi) is 1.69. The van der Waals surface area contributed by atoms with Crippen LogP contribution in [0.25, 0.3) is 0 Å². The Hall–Kier alpha value is -1.58. The van der Waals surface area contributed by atoms with Crippen LogP contribution in [0, 0.1) is 0 Å². The molecule has 1 aromatic heterocycles. The monoisotopic (exact) mass is 179 g/mol. The molecule has 0 radical (unpaired) electrons. The predicted octanol–water partition coefficient (Wildman–Crippen LogP) is 0.881. The first-order valence-electron chi connectivity index (χ1n) is 4.14. The average molecular weight is 179 g/mol. The SMILES string of the molecule is O=C(O)c1ccc(=O)n(C2CC2)c1. The number of hydrogen-bond donors (Lipinski definition) is 1. The fraction of sp³-hybridized carbons (Fsp3) is 0.333. The van der Waals surface area contributed by atoms with Crippen molar-refractivity contribution in [2.24, 2.45) is 0 Å². The molecule has 1 fully saturated rings. The van der Waals surface area contributed by atoms with E-state index in [9.17, 15) is 9.59 Å². The Morgan fingerprint density at radius 3 is 2.69 bits per heavy atom. The molecule has 13 heavy (non-hydrogen) atoms. The van der Waals surface area contributed by atoms with Crippen LogP contribution in [0.1, 0.15) is 29.2 Å². The van der Waals surface area contributed by atoms with Crippen LogP contribution in [0.5, 0.6) is 0 Å². The molecule has 0 amide bonds. The van der Waals surface area contributed by atoms with Crippen molar-refractivity contribution < 1.29 is 9.90 Å². The molecule has 2 rings (SSSR count). The normalized spacial score (nSPS) is 15.7. The third-order valence-electron chi connectivity index (χ3n) is 2.13. The molecule has 0 unspecified atom stereocenters. The number of nitrogens with zero attached hydrogens (tertiary/aromatic N) is 1. The molecular formula is C9H9NO3. The van der Waals surface area contributed by atoms with Crippen LogP contribution >= 0.6 is 0 Å². The molecule has 0 saturated heterocycles. The fourth-order valence-electron chi connectivity index (χ4n) is 1.27. The van der Waals surface area contributed by atoms with E-state index in [4.69, 9.17) is 5.11 Å². The van der Waals surface area contributed by atoms with Crippen LogP contribution in [0.15, 0.2) is 23.1 Å². The zero-order chi connectivity index (χ0) is 9.42. The molecular weight excluding hydrogens is 170 g/mol. The van der Waals surface area contributed by atoms with Crippen LogP contribution in [0.4, 0.5) is 0 Å². The van der Waals surface area contributed by atoms with Crippen LogP contribution in [0.2, 0.25) is 0 Å². The summed E-state index contributed by atoms with van der Waals surface area (Å²) in [6, 6.07) is 2.87. The lowest BCUT2D eigenvalue weighted by atomic mass is 10.3. The Labute approximate surface area is 74.4 Å². The van der Waals surface area contributed by atoms with Gasteiger partial charge in [-0.3, -0.25) is 4.79 Å². The maximum atomic E-state index is 11.2. The molecule has 1 heterocycles. The van der Waals surface area contributed by atoms with Crippen molar-refractivity contribution in [2.75, 3.05) is 0 Å². The number of carboxylic acid groups (broad SMARTS) is 1. The highest BCUT2D eigenvalue weighted by Crippen LogP contribution is 2.33. The van der Waals surface area contributed by atoms with Crippen LogP contribution in [-0.4, -0.2) is 15.6 Å². The molecule has 0 spiro atoms. The third kappa shape index (κ3) is 1.47. The molecule has 1 saturated carbocycles. The van der Waals surface area contributed by atoms with E-state index in [-0.39, 0.29) is 17.2 Å². The molecule has 0 aliphatic heterocycles. The van der Waals surface area contributed by atoms with Gasteiger partial charge < -0.3 is 9.67 Å². The zero-order valence-electron chi connectivity index (χ0n) is 6.93. The van der Waals surface area contributed by atoms with Crippen LogP contribution < -0.4 is 5.56 Å². The minimum absolute atomic E-state index is 0.118. The summed E-state index contributed by atoms with van der Waals surface area (Å²) in [6.07, 6.45) is 3.37. The lowest BCUT2D eigenvalue weighted by molar-refractivity contribution is 0.0696. The molecule has 0 aromatic carbocycles. The molecule has 1 aliphatic carbocycles. The second-order valence-corrected chi connectivity index (χ2v) is 3.20. The molecule has 0 atom stereocenters. The van der Waals surface area contributed by atoms with Gasteiger partial charge in [-0.25, -0.2) is 4.79 Å². The summed E-state index contributed by atoms with van der Waals surface area (Å²) in [4.78, 5) is 21.8. The first-order valence-corrected chi connectivity index (χ1v) is 4.14. The second-order valence-electron chi connectivity index (χ2n) is 3.20. The van der Waals surface area contributed by atoms with E-state index < -0.39 is 5.97 Å². The minimum Gasteiger partial charge on any atom is -0.478 e. The van der Waals surface area contributed by atoms with Gasteiger partial charge in [0.05, 0.1) is 5.56 Å². The van der Waals surface area contributed by atoms with Crippen molar-refractivity contribution in [2.45, 2.75) is 18.9 Å². The van der Waals surface area contributed by atoms with Gasteiger partial charge in [0.1, 0.15) is 0 Å². The van der Waals surface area contributed by atoms with Crippen molar-refractivity contribution in [3.05, 3.63) is 34.2 Å². The van der Waals surface area contributed by atoms with Crippen molar-refractivity contribution in [1.82, 2.24) is 4.57 Å². The van der Waals surface area contributed by atoms with Gasteiger partial charge in [-0.1, -0.05) is 0 Å². The highest BCUT2D eigenvalue weighted by atomic mass is 16.4. The van der Waals surface area contributed by atoms with Crippen LogP contribution in [-0.2, 0) is 0 Å². The number of carbonyl (C=O) groups is 1. The number of aromatic nitrogens is 1. The minimum atomic E-state index is -0.991. The Morgan fingerprint density at radius 2 is 2.15 bits per heavy atom. The summed E-state index contributed by atoms with van der Waals surface area (Å²) >= 11 is 0. The van der Waals surface area contributed by atoms with E-state index in [0.717, 1.165) is 12.8 Å². The van der Waals surface area contributed by atoms with Crippen molar-refractivity contribution in [3.63, 3.8) is 0 Å². The van der Waals surface area contributed by atoms with E-state index in [1.165, 1.54) is 22.9 Å². The van der Waals surface area contributed by atoms with E-state index in [1.54, 1.807) is 0 Å². The first kappa shape index (κ1) is 8.04. The first-order chi connectivity index (χ1) is 6.18. The lowest BCUT2D eigenvalue weighted by Crippen LogP contribution is -2.18. The standard InChI is InChI=1S/C9H9NO3/c11-8-4-1-6(9(12)13)5-10(8)7-2-3-7/h1,4-5,7H,2-3H2,(H,12,13). The number of hydrogen-bond acceptors (Lipinski definition) is 2. The molecule has 1 aromatic rings. The van der Waals surface area contributed by atoms with Gasteiger partial charge in [-0.05, 0) is 18.9 Å². The van der Waals surface area contributed by atoms with Gasteiger partial charge in [0.15, 0.2) is 0 Å². The van der Waals surface area contributed by atoms with Crippen molar-refractivity contribution in [1.29, 1.82) is 0 Å². The maximum absolute atomic E-state index is 11.2. The second kappa shape index (κ2) is 2.73. The third-order valence-corrected chi connectivity index (χ3v) is 2.13. The summed E-state index contributed by atoms with van der Waals surface area (Å²) in [7, 11) is 0. The quantitative estimate of drug-likeness (QED) is 0.733. The van der Waals surface area contributed by atoms with E-state index in [1.807, 2.05) is 0 Å². The summed E-state index contributed by atoms with van der Waals surface area (Å²) in [5.41, 5.74) is 0.0546. The maximum Gasteiger partial charge on any atom is 0.337 e. The number of pyridine rings is 1. The number of aromatic carboxylic acids is 1. The van der Waals surface area contributed by atoms with Gasteiger partial charge >= 0.3 is 5.97 Å². The van der Waals surface area contributed by atoms with Gasteiger partial charge in [0.25, 0.3) is 5.56 Å². The largest absolute Gasteiger partial charge is 0.478 e. The Balaban J connectivity index is 2.48. The van der Waals surface area contributed by atoms with Gasteiger partial charge in [-0.15, -0.1) is 0 Å². The van der Waals surface area contributed by atoms with Crippen molar-refractivity contribution in [3.8, 4) is 0 Å². The summed E-state index contributed by atoms with van der Waals surface area (Å²) in [5.74, 6) is -0.991. The zero-order valence-corrected chi connectivity index (χ0v) is 6.93. The molecule has 1 aliphatic rings. The summed E-state index contributed by atoms with van der Waals surface area (Å²) in [6.45, 7) is 0. The molecule has 68 valence electrons. The highest BCUT2D eigenvalue weighted by Gasteiger charge is 2.24. The summed E-state index contributed by atoms with van der Waals surface area (Å²) < 4.78 is 1.50. The fourth-order valence-corrected chi connectivity index (χ4v) is 1.27. The van der Waals surface area contributed by atoms with E-state index in [0.29, 0.717) is 0 Å². The smallest absolute Gasteiger partial charge is 0.337 e. The lowest BCUT2D eigenvalue weighted by Gasteiger charge is -2.02. The van der Waals surface area contributed by atoms with Gasteiger partial charge in [-0.2, -0.15) is 0 Å². The summed E-state index contributed by atoms with van der Waals surface area (Å²) in [5, 5.41) is 8.69. The number of carboxylic acids is 1. The average Bonchev–Trinajstić information content (AvgIpc) is 2.87. The van der Waals surface area contributed by atoms with E-state index >= 15 is 0 Å². The van der Waals surface area contributed by atoms with Gasteiger partial charge in [0, 0.05) is 18.3 Å². The Morgan fingerprint density at radius 1 is 1.46 bits per heavy atom. The molecule has 4 nitrogen and oxygen atoms in total. The Bertz CT molecular complexity index is 404. The molecule has 0 bridgehead atoms. The molecule has 4 heteroatoms.